The molecule has 0 bridgehead atoms. The average molecular weight is 291 g/mol. The van der Waals surface area contributed by atoms with Gasteiger partial charge in [-0.25, -0.2) is 4.39 Å². The maximum atomic E-state index is 13.5. The molecule has 5 heteroatoms. The van der Waals surface area contributed by atoms with E-state index in [1.54, 1.807) is 0 Å². The molecule has 1 aromatic rings. The molecule has 0 aromatic heterocycles. The second-order valence-corrected chi connectivity index (χ2v) is 5.12. The summed E-state index contributed by atoms with van der Waals surface area (Å²) in [6, 6.07) is 2.37. The number of carboxylic acid groups (broad SMARTS) is 1. The van der Waals surface area contributed by atoms with E-state index in [0.29, 0.717) is 4.47 Å². The second-order valence-electron chi connectivity index (χ2n) is 4.26. The first-order valence-corrected chi connectivity index (χ1v) is 5.43. The van der Waals surface area contributed by atoms with Gasteiger partial charge in [0.1, 0.15) is 11.6 Å². The average Bonchev–Trinajstić information content (AvgIpc) is 2.13. The van der Waals surface area contributed by atoms with Crippen LogP contribution in [0.1, 0.15) is 19.4 Å². The third-order valence-electron chi connectivity index (χ3n) is 2.33. The smallest absolute Gasteiger partial charge is 0.309 e. The monoisotopic (exact) mass is 290 g/mol. The molecule has 0 saturated carbocycles. The molecule has 2 N–H and O–H groups in total. The molecule has 1 aromatic carbocycles. The summed E-state index contributed by atoms with van der Waals surface area (Å²) >= 11 is 3.06. The number of carboxylic acids is 1. The van der Waals surface area contributed by atoms with Crippen LogP contribution in [0.3, 0.4) is 0 Å². The number of phenols is 1. The van der Waals surface area contributed by atoms with Crippen molar-refractivity contribution in [3.8, 4) is 5.75 Å². The van der Waals surface area contributed by atoms with Gasteiger partial charge in [0.25, 0.3) is 0 Å². The molecule has 0 fully saturated rings. The fraction of sp³-hybridized carbons (Fsp3) is 0.364. The Bertz CT molecular complexity index is 429. The molecule has 0 aliphatic rings. The molecule has 0 saturated heterocycles. The van der Waals surface area contributed by atoms with Crippen molar-refractivity contribution in [3.05, 3.63) is 28.0 Å². The molecule has 0 radical (unpaired) electrons. The number of hydrogen-bond acceptors (Lipinski definition) is 2. The second kappa shape index (κ2) is 4.41. The summed E-state index contributed by atoms with van der Waals surface area (Å²) in [5, 5.41) is 18.2. The lowest BCUT2D eigenvalue weighted by molar-refractivity contribution is -0.146. The zero-order valence-electron chi connectivity index (χ0n) is 8.92. The highest BCUT2D eigenvalue weighted by Crippen LogP contribution is 2.30. The van der Waals surface area contributed by atoms with Crippen LogP contribution in [-0.4, -0.2) is 16.2 Å². The van der Waals surface area contributed by atoms with Crippen LogP contribution in [0.5, 0.6) is 5.75 Å². The van der Waals surface area contributed by atoms with Crippen LogP contribution in [0.4, 0.5) is 4.39 Å². The van der Waals surface area contributed by atoms with Crippen LogP contribution >= 0.6 is 15.9 Å². The molecule has 1 rings (SSSR count). The lowest BCUT2D eigenvalue weighted by Gasteiger charge is -2.19. The first kappa shape index (κ1) is 13.0. The minimum Gasteiger partial charge on any atom is -0.507 e. The first-order valence-electron chi connectivity index (χ1n) is 4.64. The van der Waals surface area contributed by atoms with Crippen molar-refractivity contribution in [2.75, 3.05) is 0 Å². The zero-order chi connectivity index (χ0) is 12.5. The molecule has 88 valence electrons. The van der Waals surface area contributed by atoms with Crippen LogP contribution in [0.2, 0.25) is 0 Å². The molecule has 0 unspecified atom stereocenters. The number of phenolic OH excluding ortho intramolecular Hbond substituents is 1. The van der Waals surface area contributed by atoms with Gasteiger partial charge < -0.3 is 10.2 Å². The van der Waals surface area contributed by atoms with Gasteiger partial charge in [-0.15, -0.1) is 0 Å². The Morgan fingerprint density at radius 1 is 1.50 bits per heavy atom. The van der Waals surface area contributed by atoms with Gasteiger partial charge in [-0.3, -0.25) is 4.79 Å². The Balaban J connectivity index is 3.07. The van der Waals surface area contributed by atoms with Crippen molar-refractivity contribution in [1.29, 1.82) is 0 Å². The topological polar surface area (TPSA) is 57.5 Å². The summed E-state index contributed by atoms with van der Waals surface area (Å²) in [4.78, 5) is 10.9. The predicted molar refractivity (Wildman–Crippen MR) is 60.9 cm³/mol. The molecule has 3 nitrogen and oxygen atoms in total. The van der Waals surface area contributed by atoms with Gasteiger partial charge in [-0.2, -0.15) is 0 Å². The number of benzene rings is 1. The van der Waals surface area contributed by atoms with Gasteiger partial charge in [-0.1, -0.05) is 0 Å². The van der Waals surface area contributed by atoms with Crippen molar-refractivity contribution >= 4 is 21.9 Å². The summed E-state index contributed by atoms with van der Waals surface area (Å²) in [6.45, 7) is 3.05. The maximum Gasteiger partial charge on any atom is 0.309 e. The Kier molecular flexibility index (Phi) is 3.57. The van der Waals surface area contributed by atoms with Crippen molar-refractivity contribution in [2.24, 2.45) is 5.41 Å². The number of aliphatic carboxylic acids is 1. The molecule has 0 heterocycles. The summed E-state index contributed by atoms with van der Waals surface area (Å²) in [5.41, 5.74) is -0.783. The highest BCUT2D eigenvalue weighted by Gasteiger charge is 2.28. The van der Waals surface area contributed by atoms with Gasteiger partial charge in [0.2, 0.25) is 0 Å². The van der Waals surface area contributed by atoms with Gasteiger partial charge >= 0.3 is 5.97 Å². The number of aromatic hydroxyl groups is 1. The minimum absolute atomic E-state index is 0.0625. The lowest BCUT2D eigenvalue weighted by atomic mass is 9.86. The van der Waals surface area contributed by atoms with E-state index in [0.717, 1.165) is 6.07 Å². The number of halogens is 2. The number of rotatable bonds is 3. The lowest BCUT2D eigenvalue weighted by Crippen LogP contribution is -2.26. The van der Waals surface area contributed by atoms with Crippen molar-refractivity contribution in [1.82, 2.24) is 0 Å². The van der Waals surface area contributed by atoms with E-state index in [2.05, 4.69) is 15.9 Å². The maximum absolute atomic E-state index is 13.5. The van der Waals surface area contributed by atoms with E-state index in [9.17, 15) is 14.3 Å². The SMILES string of the molecule is CC(C)(Cc1cc(Br)c(O)cc1F)C(=O)O. The quantitative estimate of drug-likeness (QED) is 0.900. The van der Waals surface area contributed by atoms with Crippen molar-refractivity contribution in [2.45, 2.75) is 20.3 Å². The van der Waals surface area contributed by atoms with Crippen LogP contribution < -0.4 is 0 Å². The Hall–Kier alpha value is -1.10. The van der Waals surface area contributed by atoms with E-state index in [4.69, 9.17) is 5.11 Å². The molecule has 0 aliphatic heterocycles. The molecule has 16 heavy (non-hydrogen) atoms. The fourth-order valence-corrected chi connectivity index (χ4v) is 1.66. The van der Waals surface area contributed by atoms with Crippen LogP contribution in [0, 0.1) is 11.2 Å². The van der Waals surface area contributed by atoms with Crippen LogP contribution in [0.15, 0.2) is 16.6 Å². The van der Waals surface area contributed by atoms with Gasteiger partial charge in [-0.05, 0) is 47.8 Å². The molecule has 0 atom stereocenters. The standard InChI is InChI=1S/C11H12BrFO3/c1-11(2,10(15)16)5-6-3-7(12)9(14)4-8(6)13/h3-4,14H,5H2,1-2H3,(H,15,16). The van der Waals surface area contributed by atoms with E-state index in [1.807, 2.05) is 0 Å². The van der Waals surface area contributed by atoms with Gasteiger partial charge in [0, 0.05) is 6.07 Å². The fourth-order valence-electron chi connectivity index (χ4n) is 1.26. The minimum atomic E-state index is -1.04. The largest absolute Gasteiger partial charge is 0.507 e. The summed E-state index contributed by atoms with van der Waals surface area (Å²) in [7, 11) is 0. The van der Waals surface area contributed by atoms with Gasteiger partial charge in [0.15, 0.2) is 0 Å². The molecular weight excluding hydrogens is 279 g/mol. The third-order valence-corrected chi connectivity index (χ3v) is 2.96. The van der Waals surface area contributed by atoms with E-state index < -0.39 is 17.2 Å². The van der Waals surface area contributed by atoms with Crippen LogP contribution in [0.25, 0.3) is 0 Å². The highest BCUT2D eigenvalue weighted by molar-refractivity contribution is 9.10. The Morgan fingerprint density at radius 2 is 2.06 bits per heavy atom. The van der Waals surface area contributed by atoms with E-state index >= 15 is 0 Å². The number of hydrogen-bond donors (Lipinski definition) is 2. The highest BCUT2D eigenvalue weighted by atomic mass is 79.9. The normalized spacial score (nSPS) is 11.5. The summed E-state index contributed by atoms with van der Waals surface area (Å²) < 4.78 is 13.8. The van der Waals surface area contributed by atoms with Crippen LogP contribution in [-0.2, 0) is 11.2 Å². The third kappa shape index (κ3) is 2.72. The molecule has 0 amide bonds. The molecule has 0 aliphatic carbocycles. The molecular formula is C11H12BrFO3. The van der Waals surface area contributed by atoms with Crippen molar-refractivity contribution in [3.63, 3.8) is 0 Å². The Morgan fingerprint density at radius 3 is 2.56 bits per heavy atom. The van der Waals surface area contributed by atoms with Crippen molar-refractivity contribution < 1.29 is 19.4 Å². The number of carbonyl (C=O) groups is 1. The van der Waals surface area contributed by atoms with E-state index in [-0.39, 0.29) is 17.7 Å². The summed E-state index contributed by atoms with van der Waals surface area (Å²) in [6.07, 6.45) is 0.0625. The van der Waals surface area contributed by atoms with Gasteiger partial charge in [0.05, 0.1) is 9.89 Å². The molecule has 0 spiro atoms. The zero-order valence-corrected chi connectivity index (χ0v) is 10.5. The Labute approximate surface area is 101 Å². The predicted octanol–water partition coefficient (Wildman–Crippen LogP) is 2.95. The summed E-state index contributed by atoms with van der Waals surface area (Å²) in [5.74, 6) is -1.79. The first-order chi connectivity index (χ1) is 7.24. The van der Waals surface area contributed by atoms with E-state index in [1.165, 1.54) is 19.9 Å².